The predicted octanol–water partition coefficient (Wildman–Crippen LogP) is -0.139. The van der Waals surface area contributed by atoms with Crippen LogP contribution in [0.2, 0.25) is 0 Å². The summed E-state index contributed by atoms with van der Waals surface area (Å²) < 4.78 is 26.2. The minimum absolute atomic E-state index is 0.0137. The zero-order valence-electron chi connectivity index (χ0n) is 10.4. The maximum atomic E-state index is 12.5. The van der Waals surface area contributed by atoms with Gasteiger partial charge in [0, 0.05) is 19.3 Å². The van der Waals surface area contributed by atoms with Crippen molar-refractivity contribution < 1.29 is 13.5 Å². The lowest BCUT2D eigenvalue weighted by Gasteiger charge is -2.19. The number of nitrogens with two attached hydrogens (primary N) is 1. The molecule has 1 atom stereocenters. The van der Waals surface area contributed by atoms with Crippen LogP contribution in [-0.4, -0.2) is 46.5 Å². The van der Waals surface area contributed by atoms with Crippen LogP contribution in [0, 0.1) is 0 Å². The second kappa shape index (κ2) is 4.78. The van der Waals surface area contributed by atoms with Crippen LogP contribution in [0.25, 0.3) is 0 Å². The molecule has 0 bridgehead atoms. The Morgan fingerprint density at radius 3 is 2.84 bits per heavy atom. The van der Waals surface area contributed by atoms with Crippen LogP contribution < -0.4 is 5.73 Å². The van der Waals surface area contributed by atoms with Gasteiger partial charge in [-0.25, -0.2) is 8.42 Å². The molecular formula is C11H15N3O3S2. The van der Waals surface area contributed by atoms with Gasteiger partial charge in [0.1, 0.15) is 15.6 Å². The molecule has 1 aliphatic rings. The standard InChI is InChI=1S/C11H15N3O3S2/c1-11(15)4-6-14(7-11)19(16,17)8-3-2-5-13-9(8)10(12)18/h2-3,5,15H,4,6-7H2,1H3,(H2,12,18). The SMILES string of the molecule is CC1(O)CCN(S(=O)(=O)c2cccnc2C(N)=S)C1. The largest absolute Gasteiger partial charge is 0.389 e. The van der Waals surface area contributed by atoms with Crippen LogP contribution in [0.3, 0.4) is 0 Å². The molecule has 1 aromatic heterocycles. The lowest BCUT2D eigenvalue weighted by Crippen LogP contribution is -2.35. The quantitative estimate of drug-likeness (QED) is 0.754. The number of aromatic nitrogens is 1. The first kappa shape index (κ1) is 14.3. The molecule has 104 valence electrons. The van der Waals surface area contributed by atoms with Crippen molar-refractivity contribution in [1.29, 1.82) is 0 Å². The lowest BCUT2D eigenvalue weighted by atomic mass is 10.1. The number of rotatable bonds is 3. The second-order valence-electron chi connectivity index (χ2n) is 4.80. The van der Waals surface area contributed by atoms with E-state index in [0.29, 0.717) is 6.42 Å². The molecule has 6 nitrogen and oxygen atoms in total. The van der Waals surface area contributed by atoms with Crippen LogP contribution in [0.15, 0.2) is 23.2 Å². The second-order valence-corrected chi connectivity index (χ2v) is 7.15. The van der Waals surface area contributed by atoms with Gasteiger partial charge in [0.05, 0.1) is 5.60 Å². The highest BCUT2D eigenvalue weighted by Gasteiger charge is 2.39. The molecule has 0 spiro atoms. The fraction of sp³-hybridized carbons (Fsp3) is 0.455. The summed E-state index contributed by atoms with van der Waals surface area (Å²) in [5.74, 6) is 0. The maximum Gasteiger partial charge on any atom is 0.245 e. The van der Waals surface area contributed by atoms with E-state index in [9.17, 15) is 13.5 Å². The Bertz CT molecular complexity index is 613. The summed E-state index contributed by atoms with van der Waals surface area (Å²) in [5.41, 5.74) is 4.59. The van der Waals surface area contributed by atoms with E-state index in [-0.39, 0.29) is 28.7 Å². The van der Waals surface area contributed by atoms with Crippen molar-refractivity contribution in [1.82, 2.24) is 9.29 Å². The molecule has 0 radical (unpaired) electrons. The van der Waals surface area contributed by atoms with Gasteiger partial charge in [-0.3, -0.25) is 4.98 Å². The average Bonchev–Trinajstić information content (AvgIpc) is 2.70. The third-order valence-electron chi connectivity index (χ3n) is 3.04. The smallest absolute Gasteiger partial charge is 0.245 e. The fourth-order valence-electron chi connectivity index (χ4n) is 2.03. The van der Waals surface area contributed by atoms with Gasteiger partial charge in [-0.05, 0) is 25.5 Å². The summed E-state index contributed by atoms with van der Waals surface area (Å²) in [6.07, 6.45) is 1.84. The van der Waals surface area contributed by atoms with E-state index in [4.69, 9.17) is 18.0 Å². The van der Waals surface area contributed by atoms with E-state index in [1.807, 2.05) is 0 Å². The maximum absolute atomic E-state index is 12.5. The normalized spacial score (nSPS) is 24.5. The van der Waals surface area contributed by atoms with Crippen LogP contribution in [0.1, 0.15) is 19.0 Å². The Morgan fingerprint density at radius 2 is 2.32 bits per heavy atom. The molecule has 1 aromatic rings. The summed E-state index contributed by atoms with van der Waals surface area (Å²) in [4.78, 5) is 3.84. The molecule has 8 heteroatoms. The topological polar surface area (TPSA) is 96.5 Å². The van der Waals surface area contributed by atoms with Crippen LogP contribution >= 0.6 is 12.2 Å². The first-order chi connectivity index (χ1) is 8.74. The van der Waals surface area contributed by atoms with Gasteiger partial charge in [-0.2, -0.15) is 4.31 Å². The third-order valence-corrected chi connectivity index (χ3v) is 5.11. The Labute approximate surface area is 117 Å². The van der Waals surface area contributed by atoms with Crippen LogP contribution in [0.4, 0.5) is 0 Å². The minimum Gasteiger partial charge on any atom is -0.389 e. The highest BCUT2D eigenvalue weighted by atomic mass is 32.2. The number of pyridine rings is 1. The highest BCUT2D eigenvalue weighted by molar-refractivity contribution is 7.89. The van der Waals surface area contributed by atoms with Gasteiger partial charge in [-0.15, -0.1) is 0 Å². The Morgan fingerprint density at radius 1 is 1.63 bits per heavy atom. The molecule has 3 N–H and O–H groups in total. The van der Waals surface area contributed by atoms with Crippen molar-refractivity contribution in [2.24, 2.45) is 5.73 Å². The summed E-state index contributed by atoms with van der Waals surface area (Å²) in [7, 11) is -3.74. The fourth-order valence-corrected chi connectivity index (χ4v) is 3.97. The Hall–Kier alpha value is -1.09. The molecule has 0 aromatic carbocycles. The van der Waals surface area contributed by atoms with Gasteiger partial charge in [0.15, 0.2) is 0 Å². The number of thiocarbonyl (C=S) groups is 1. The molecule has 2 heterocycles. The van der Waals surface area contributed by atoms with Gasteiger partial charge in [0.25, 0.3) is 0 Å². The molecule has 1 saturated heterocycles. The van der Waals surface area contributed by atoms with E-state index in [0.717, 1.165) is 0 Å². The molecule has 1 unspecified atom stereocenters. The molecule has 0 saturated carbocycles. The number of β-amino-alcohol motifs (C(OH)–C–C–N with tert-alkyl or cyclic N) is 1. The number of hydrogen-bond acceptors (Lipinski definition) is 5. The number of nitrogens with zero attached hydrogens (tertiary/aromatic N) is 2. The molecule has 0 amide bonds. The van der Waals surface area contributed by atoms with E-state index in [2.05, 4.69) is 4.98 Å². The predicted molar refractivity (Wildman–Crippen MR) is 74.1 cm³/mol. The van der Waals surface area contributed by atoms with Crippen LogP contribution in [-0.2, 0) is 10.0 Å². The molecule has 1 aliphatic heterocycles. The number of hydrogen-bond donors (Lipinski definition) is 2. The van der Waals surface area contributed by atoms with Crippen molar-refractivity contribution in [3.05, 3.63) is 24.0 Å². The number of sulfonamides is 1. The minimum atomic E-state index is -3.74. The Kier molecular flexibility index (Phi) is 3.61. The first-order valence-corrected chi connectivity index (χ1v) is 7.56. The molecule has 2 rings (SSSR count). The summed E-state index contributed by atoms with van der Waals surface area (Å²) >= 11 is 4.82. The summed E-state index contributed by atoms with van der Waals surface area (Å²) in [6, 6.07) is 2.94. The average molecular weight is 301 g/mol. The van der Waals surface area contributed by atoms with Crippen LogP contribution in [0.5, 0.6) is 0 Å². The van der Waals surface area contributed by atoms with Gasteiger partial charge in [-0.1, -0.05) is 12.2 Å². The van der Waals surface area contributed by atoms with Crippen molar-refractivity contribution in [2.45, 2.75) is 23.8 Å². The summed E-state index contributed by atoms with van der Waals surface area (Å²) in [5, 5.41) is 9.88. The zero-order chi connectivity index (χ0) is 14.3. The van der Waals surface area contributed by atoms with Gasteiger partial charge in [0.2, 0.25) is 10.0 Å². The van der Waals surface area contributed by atoms with Gasteiger partial charge < -0.3 is 10.8 Å². The summed E-state index contributed by atoms with van der Waals surface area (Å²) in [6.45, 7) is 1.93. The molecular weight excluding hydrogens is 286 g/mol. The van der Waals surface area contributed by atoms with E-state index in [1.165, 1.54) is 22.6 Å². The third kappa shape index (κ3) is 2.76. The van der Waals surface area contributed by atoms with Crippen molar-refractivity contribution in [3.63, 3.8) is 0 Å². The zero-order valence-corrected chi connectivity index (χ0v) is 12.0. The highest BCUT2D eigenvalue weighted by Crippen LogP contribution is 2.27. The number of aliphatic hydroxyl groups is 1. The molecule has 19 heavy (non-hydrogen) atoms. The molecule has 0 aliphatic carbocycles. The first-order valence-electron chi connectivity index (χ1n) is 5.71. The molecule has 1 fully saturated rings. The van der Waals surface area contributed by atoms with E-state index < -0.39 is 15.6 Å². The van der Waals surface area contributed by atoms with E-state index in [1.54, 1.807) is 6.92 Å². The lowest BCUT2D eigenvalue weighted by molar-refractivity contribution is 0.0762. The van der Waals surface area contributed by atoms with E-state index >= 15 is 0 Å². The van der Waals surface area contributed by atoms with Crippen molar-refractivity contribution in [2.75, 3.05) is 13.1 Å². The Balaban J connectivity index is 2.44. The monoisotopic (exact) mass is 301 g/mol. The van der Waals surface area contributed by atoms with Gasteiger partial charge >= 0.3 is 0 Å². The van der Waals surface area contributed by atoms with Crippen molar-refractivity contribution >= 4 is 27.2 Å². The van der Waals surface area contributed by atoms with Crippen molar-refractivity contribution in [3.8, 4) is 0 Å².